The number of fused-ring (bicyclic) bond motifs is 1. The van der Waals surface area contributed by atoms with E-state index < -0.39 is 29.6 Å². The summed E-state index contributed by atoms with van der Waals surface area (Å²) in [5, 5.41) is 9.86. The van der Waals surface area contributed by atoms with Gasteiger partial charge in [0.2, 0.25) is 11.8 Å². The first kappa shape index (κ1) is 27.1. The lowest BCUT2D eigenvalue weighted by atomic mass is 9.70. The van der Waals surface area contributed by atoms with Gasteiger partial charge in [-0.15, -0.1) is 13.2 Å². The summed E-state index contributed by atoms with van der Waals surface area (Å²) in [4.78, 5) is 46.9. The molecule has 3 saturated heterocycles. The van der Waals surface area contributed by atoms with E-state index in [1.54, 1.807) is 22.0 Å². The third kappa shape index (κ3) is 4.40. The molecule has 2 unspecified atom stereocenters. The van der Waals surface area contributed by atoms with Crippen molar-refractivity contribution in [2.24, 2.45) is 11.8 Å². The van der Waals surface area contributed by atoms with E-state index in [2.05, 4.69) is 13.2 Å². The summed E-state index contributed by atoms with van der Waals surface area (Å²) in [7, 11) is 0. The molecule has 3 aliphatic heterocycles. The fourth-order valence-electron chi connectivity index (χ4n) is 6.58. The van der Waals surface area contributed by atoms with Gasteiger partial charge in [0, 0.05) is 31.9 Å². The summed E-state index contributed by atoms with van der Waals surface area (Å²) >= 11 is 0. The van der Waals surface area contributed by atoms with Crippen molar-refractivity contribution in [2.75, 3.05) is 37.7 Å². The standard InChI is InChI=1S/C29H39N3O5/c1-6-13-30(14-7-2)26(34)23-22-11-12-29(37-22)24(23)27(35)32(16-17-33)25(29)28(36)31(15-8-3)21-18-19(4)9-10-20(21)5/h6,8-10,18,22-25,33H,1,3,7,11-17H2,2,4-5H3/t22-,23+,24-,25?,29?/m0/s1. The second-order valence-electron chi connectivity index (χ2n) is 10.4. The molecule has 1 aromatic carbocycles. The fourth-order valence-corrected chi connectivity index (χ4v) is 6.58. The Balaban J connectivity index is 1.77. The highest BCUT2D eigenvalue weighted by Gasteiger charge is 2.74. The number of aliphatic hydroxyl groups excluding tert-OH is 1. The molecule has 3 heterocycles. The summed E-state index contributed by atoms with van der Waals surface area (Å²) in [5.74, 6) is -2.10. The summed E-state index contributed by atoms with van der Waals surface area (Å²) in [5.41, 5.74) is 1.59. The van der Waals surface area contributed by atoms with Crippen LogP contribution in [0.4, 0.5) is 5.69 Å². The maximum Gasteiger partial charge on any atom is 0.253 e. The van der Waals surface area contributed by atoms with Crippen LogP contribution in [0.2, 0.25) is 0 Å². The molecule has 0 saturated carbocycles. The first-order valence-corrected chi connectivity index (χ1v) is 13.2. The number of likely N-dealkylation sites (tertiary alicyclic amines) is 1. The van der Waals surface area contributed by atoms with Gasteiger partial charge in [-0.05, 0) is 50.3 Å². The topological polar surface area (TPSA) is 90.4 Å². The minimum absolute atomic E-state index is 0.00247. The monoisotopic (exact) mass is 509 g/mol. The van der Waals surface area contributed by atoms with Crippen molar-refractivity contribution in [3.63, 3.8) is 0 Å². The smallest absolute Gasteiger partial charge is 0.253 e. The van der Waals surface area contributed by atoms with Crippen LogP contribution in [0.3, 0.4) is 0 Å². The van der Waals surface area contributed by atoms with Gasteiger partial charge < -0.3 is 24.5 Å². The van der Waals surface area contributed by atoms with E-state index >= 15 is 0 Å². The Labute approximate surface area is 219 Å². The first-order chi connectivity index (χ1) is 17.7. The molecule has 1 spiro atoms. The van der Waals surface area contributed by atoms with Crippen molar-refractivity contribution < 1.29 is 24.2 Å². The van der Waals surface area contributed by atoms with Gasteiger partial charge in [-0.25, -0.2) is 0 Å². The van der Waals surface area contributed by atoms with Gasteiger partial charge in [0.05, 0.1) is 24.5 Å². The van der Waals surface area contributed by atoms with Crippen molar-refractivity contribution >= 4 is 23.4 Å². The molecule has 37 heavy (non-hydrogen) atoms. The van der Waals surface area contributed by atoms with E-state index in [0.29, 0.717) is 25.9 Å². The predicted molar refractivity (Wildman–Crippen MR) is 142 cm³/mol. The van der Waals surface area contributed by atoms with Crippen LogP contribution >= 0.6 is 0 Å². The molecule has 0 aliphatic carbocycles. The van der Waals surface area contributed by atoms with Crippen molar-refractivity contribution in [1.29, 1.82) is 0 Å². The van der Waals surface area contributed by atoms with Crippen LogP contribution in [-0.4, -0.2) is 83.2 Å². The minimum Gasteiger partial charge on any atom is -0.395 e. The number of amides is 3. The van der Waals surface area contributed by atoms with E-state index in [1.165, 1.54) is 4.90 Å². The highest BCUT2D eigenvalue weighted by molar-refractivity contribution is 6.05. The van der Waals surface area contributed by atoms with Crippen LogP contribution < -0.4 is 4.90 Å². The molecule has 3 amide bonds. The molecule has 3 fully saturated rings. The highest BCUT2D eigenvalue weighted by Crippen LogP contribution is 2.59. The molecule has 3 aliphatic rings. The minimum atomic E-state index is -1.10. The number of ether oxygens (including phenoxy) is 1. The second kappa shape index (κ2) is 10.8. The number of benzene rings is 1. The first-order valence-electron chi connectivity index (χ1n) is 13.2. The number of anilines is 1. The maximum atomic E-state index is 14.4. The fraction of sp³-hybridized carbons (Fsp3) is 0.552. The van der Waals surface area contributed by atoms with Crippen LogP contribution in [0.15, 0.2) is 43.5 Å². The third-order valence-corrected chi connectivity index (χ3v) is 8.05. The number of nitrogens with zero attached hydrogens (tertiary/aromatic N) is 3. The lowest BCUT2D eigenvalue weighted by molar-refractivity contribution is -0.145. The van der Waals surface area contributed by atoms with Crippen LogP contribution in [0, 0.1) is 25.7 Å². The van der Waals surface area contributed by atoms with Gasteiger partial charge in [-0.2, -0.15) is 0 Å². The van der Waals surface area contributed by atoms with Gasteiger partial charge in [0.1, 0.15) is 11.6 Å². The molecule has 8 heteroatoms. The van der Waals surface area contributed by atoms with Gasteiger partial charge in [0.25, 0.3) is 5.91 Å². The molecule has 0 radical (unpaired) electrons. The number of hydrogen-bond donors (Lipinski definition) is 1. The Morgan fingerprint density at radius 1 is 1.22 bits per heavy atom. The quantitative estimate of drug-likeness (QED) is 0.463. The predicted octanol–water partition coefficient (Wildman–Crippen LogP) is 2.61. The lowest BCUT2D eigenvalue weighted by Crippen LogP contribution is -2.57. The number of carbonyl (C=O) groups is 3. The van der Waals surface area contributed by atoms with Crippen molar-refractivity contribution in [2.45, 2.75) is 57.8 Å². The van der Waals surface area contributed by atoms with Crippen molar-refractivity contribution in [1.82, 2.24) is 9.80 Å². The Hall–Kier alpha value is -2.97. The van der Waals surface area contributed by atoms with Crippen LogP contribution in [0.25, 0.3) is 0 Å². The van der Waals surface area contributed by atoms with Gasteiger partial charge >= 0.3 is 0 Å². The van der Waals surface area contributed by atoms with E-state index in [0.717, 1.165) is 23.2 Å². The number of hydrogen-bond acceptors (Lipinski definition) is 5. The average Bonchev–Trinajstić information content (AvgIpc) is 3.51. The van der Waals surface area contributed by atoms with Crippen LogP contribution in [0.1, 0.15) is 37.3 Å². The average molecular weight is 510 g/mol. The summed E-state index contributed by atoms with van der Waals surface area (Å²) in [6.45, 7) is 14.5. The molecule has 2 bridgehead atoms. The molecular weight excluding hydrogens is 470 g/mol. The largest absolute Gasteiger partial charge is 0.395 e. The Bertz CT molecular complexity index is 1090. The van der Waals surface area contributed by atoms with E-state index in [9.17, 15) is 19.5 Å². The summed E-state index contributed by atoms with van der Waals surface area (Å²) < 4.78 is 6.53. The molecule has 0 aromatic heterocycles. The van der Waals surface area contributed by atoms with Gasteiger partial charge in [-0.3, -0.25) is 14.4 Å². The summed E-state index contributed by atoms with van der Waals surface area (Å²) in [6, 6.07) is 4.98. The molecule has 200 valence electrons. The zero-order valence-electron chi connectivity index (χ0n) is 22.2. The highest BCUT2D eigenvalue weighted by atomic mass is 16.5. The number of aliphatic hydroxyl groups is 1. The second-order valence-corrected chi connectivity index (χ2v) is 10.4. The Kier molecular flexibility index (Phi) is 7.90. The van der Waals surface area contributed by atoms with Crippen molar-refractivity contribution in [3.8, 4) is 0 Å². The van der Waals surface area contributed by atoms with Crippen LogP contribution in [-0.2, 0) is 19.1 Å². The number of rotatable bonds is 11. The van der Waals surface area contributed by atoms with Crippen LogP contribution in [0.5, 0.6) is 0 Å². The molecule has 5 atom stereocenters. The molecule has 8 nitrogen and oxygen atoms in total. The third-order valence-electron chi connectivity index (χ3n) is 8.05. The molecule has 4 rings (SSSR count). The van der Waals surface area contributed by atoms with E-state index in [4.69, 9.17) is 4.74 Å². The zero-order chi connectivity index (χ0) is 26.9. The Morgan fingerprint density at radius 2 is 1.95 bits per heavy atom. The van der Waals surface area contributed by atoms with E-state index in [-0.39, 0.29) is 37.4 Å². The number of β-amino-alcohol motifs (C(OH)–C–C–N with tert-alkyl or cyclic N) is 1. The maximum absolute atomic E-state index is 14.4. The molecule has 1 aromatic rings. The normalized spacial score (nSPS) is 27.8. The van der Waals surface area contributed by atoms with Gasteiger partial charge in [-0.1, -0.05) is 31.2 Å². The Morgan fingerprint density at radius 3 is 2.59 bits per heavy atom. The zero-order valence-corrected chi connectivity index (χ0v) is 22.2. The molecular formula is C29H39N3O5. The number of aryl methyl sites for hydroxylation is 2. The van der Waals surface area contributed by atoms with E-state index in [1.807, 2.05) is 39.0 Å². The molecule has 1 N–H and O–H groups in total. The SMILES string of the molecule is C=CCN(CCC)C(=O)[C@@H]1[C@@H]2CCC3(O2)C(C(=O)N(CC=C)c2cc(C)ccc2C)N(CCO)C(=O)[C@H]13. The summed E-state index contributed by atoms with van der Waals surface area (Å²) in [6.07, 6.45) is 4.85. The lowest BCUT2D eigenvalue weighted by Gasteiger charge is -2.37. The van der Waals surface area contributed by atoms with Gasteiger partial charge in [0.15, 0.2) is 0 Å². The number of carbonyl (C=O) groups excluding carboxylic acids is 3. The van der Waals surface area contributed by atoms with Crippen molar-refractivity contribution in [3.05, 3.63) is 54.6 Å².